The molecule has 0 spiro atoms. The van der Waals surface area contributed by atoms with Gasteiger partial charge >= 0.3 is 5.97 Å². The van der Waals surface area contributed by atoms with E-state index in [1.165, 1.54) is 0 Å². The molecule has 0 aliphatic heterocycles. The van der Waals surface area contributed by atoms with Gasteiger partial charge in [0.1, 0.15) is 6.04 Å². The van der Waals surface area contributed by atoms with Gasteiger partial charge in [-0.05, 0) is 30.5 Å². The SMILES string of the molecule is Cc1ccc(C[C@@H](N)C(=O)O)c(Cl)c1.Cl. The molecule has 0 amide bonds. The van der Waals surface area contributed by atoms with Crippen LogP contribution >= 0.6 is 24.0 Å². The monoisotopic (exact) mass is 249 g/mol. The average Bonchev–Trinajstić information content (AvgIpc) is 2.09. The molecule has 1 atom stereocenters. The van der Waals surface area contributed by atoms with Crippen molar-refractivity contribution in [2.75, 3.05) is 0 Å². The summed E-state index contributed by atoms with van der Waals surface area (Å²) in [7, 11) is 0. The number of aryl methyl sites for hydroxylation is 1. The van der Waals surface area contributed by atoms with Gasteiger partial charge in [-0.1, -0.05) is 23.7 Å². The Balaban J connectivity index is 0.00000196. The molecule has 0 fully saturated rings. The highest BCUT2D eigenvalue weighted by Crippen LogP contribution is 2.18. The second kappa shape index (κ2) is 5.95. The predicted octanol–water partition coefficient (Wildman–Crippen LogP) is 2.02. The number of hydrogen-bond donors (Lipinski definition) is 2. The lowest BCUT2D eigenvalue weighted by atomic mass is 10.1. The number of benzene rings is 1. The molecule has 15 heavy (non-hydrogen) atoms. The first-order valence-electron chi connectivity index (χ1n) is 4.24. The zero-order valence-electron chi connectivity index (χ0n) is 8.24. The third-order valence-electron chi connectivity index (χ3n) is 1.97. The van der Waals surface area contributed by atoms with Gasteiger partial charge in [-0.2, -0.15) is 0 Å². The van der Waals surface area contributed by atoms with E-state index in [2.05, 4.69) is 0 Å². The lowest BCUT2D eigenvalue weighted by Gasteiger charge is -2.08. The molecule has 0 unspecified atom stereocenters. The van der Waals surface area contributed by atoms with Crippen molar-refractivity contribution in [1.29, 1.82) is 0 Å². The zero-order valence-corrected chi connectivity index (χ0v) is 9.81. The molecule has 0 saturated carbocycles. The van der Waals surface area contributed by atoms with E-state index < -0.39 is 12.0 Å². The number of nitrogens with two attached hydrogens (primary N) is 1. The summed E-state index contributed by atoms with van der Waals surface area (Å²) in [5, 5.41) is 9.19. The van der Waals surface area contributed by atoms with Crippen LogP contribution in [0.1, 0.15) is 11.1 Å². The first-order valence-corrected chi connectivity index (χ1v) is 4.62. The Morgan fingerprint density at radius 3 is 2.67 bits per heavy atom. The van der Waals surface area contributed by atoms with Gasteiger partial charge in [0.05, 0.1) is 0 Å². The molecule has 0 heterocycles. The summed E-state index contributed by atoms with van der Waals surface area (Å²) >= 11 is 5.93. The van der Waals surface area contributed by atoms with Gasteiger partial charge in [0.2, 0.25) is 0 Å². The highest BCUT2D eigenvalue weighted by molar-refractivity contribution is 6.31. The summed E-state index contributed by atoms with van der Waals surface area (Å²) in [5.41, 5.74) is 7.21. The van der Waals surface area contributed by atoms with Crippen LogP contribution in [0, 0.1) is 6.92 Å². The van der Waals surface area contributed by atoms with E-state index in [0.29, 0.717) is 5.02 Å². The lowest BCUT2D eigenvalue weighted by molar-refractivity contribution is -0.138. The van der Waals surface area contributed by atoms with Crippen LogP contribution in [0.15, 0.2) is 18.2 Å². The van der Waals surface area contributed by atoms with Crippen LogP contribution in [0.4, 0.5) is 0 Å². The Kier molecular flexibility index (Phi) is 5.65. The Morgan fingerprint density at radius 2 is 2.20 bits per heavy atom. The Labute approximate surface area is 99.6 Å². The van der Waals surface area contributed by atoms with Gasteiger partial charge < -0.3 is 10.8 Å². The number of carboxylic acid groups (broad SMARTS) is 1. The topological polar surface area (TPSA) is 63.3 Å². The van der Waals surface area contributed by atoms with Crippen LogP contribution < -0.4 is 5.73 Å². The fourth-order valence-corrected chi connectivity index (χ4v) is 1.45. The maximum absolute atomic E-state index is 10.5. The van der Waals surface area contributed by atoms with E-state index in [4.69, 9.17) is 22.4 Å². The van der Waals surface area contributed by atoms with E-state index in [9.17, 15) is 4.79 Å². The summed E-state index contributed by atoms with van der Waals surface area (Å²) in [5.74, 6) is -1.01. The van der Waals surface area contributed by atoms with Gasteiger partial charge in [0.25, 0.3) is 0 Å². The number of aliphatic carboxylic acids is 1. The van der Waals surface area contributed by atoms with E-state index in [1.807, 2.05) is 13.0 Å². The average molecular weight is 250 g/mol. The van der Waals surface area contributed by atoms with Crippen LogP contribution in [-0.4, -0.2) is 17.1 Å². The Morgan fingerprint density at radius 1 is 1.60 bits per heavy atom. The van der Waals surface area contributed by atoms with Crippen molar-refractivity contribution in [2.24, 2.45) is 5.73 Å². The first-order chi connectivity index (χ1) is 6.50. The molecule has 3 nitrogen and oxygen atoms in total. The predicted molar refractivity (Wildman–Crippen MR) is 62.8 cm³/mol. The highest BCUT2D eigenvalue weighted by Gasteiger charge is 2.13. The van der Waals surface area contributed by atoms with Crippen LogP contribution in [0.2, 0.25) is 5.02 Å². The van der Waals surface area contributed by atoms with Gasteiger partial charge in [-0.15, -0.1) is 12.4 Å². The molecule has 0 aliphatic carbocycles. The molecule has 84 valence electrons. The van der Waals surface area contributed by atoms with Crippen molar-refractivity contribution in [2.45, 2.75) is 19.4 Å². The molecule has 0 radical (unpaired) electrons. The minimum atomic E-state index is -1.01. The molecule has 0 bridgehead atoms. The largest absolute Gasteiger partial charge is 0.480 e. The maximum atomic E-state index is 10.5. The van der Waals surface area contributed by atoms with Crippen LogP contribution in [0.3, 0.4) is 0 Å². The van der Waals surface area contributed by atoms with Crippen LogP contribution in [0.5, 0.6) is 0 Å². The Bertz CT molecular complexity index is 355. The third-order valence-corrected chi connectivity index (χ3v) is 2.32. The lowest BCUT2D eigenvalue weighted by Crippen LogP contribution is -2.32. The maximum Gasteiger partial charge on any atom is 0.320 e. The fraction of sp³-hybridized carbons (Fsp3) is 0.300. The number of carboxylic acids is 1. The van der Waals surface area contributed by atoms with Crippen molar-refractivity contribution in [3.63, 3.8) is 0 Å². The molecule has 3 N–H and O–H groups in total. The molecule has 0 aromatic heterocycles. The second-order valence-electron chi connectivity index (χ2n) is 3.24. The quantitative estimate of drug-likeness (QED) is 0.862. The van der Waals surface area contributed by atoms with Crippen LogP contribution in [0.25, 0.3) is 0 Å². The second-order valence-corrected chi connectivity index (χ2v) is 3.65. The smallest absolute Gasteiger partial charge is 0.320 e. The van der Waals surface area contributed by atoms with E-state index in [1.54, 1.807) is 12.1 Å². The minimum absolute atomic E-state index is 0. The van der Waals surface area contributed by atoms with E-state index >= 15 is 0 Å². The summed E-state index contributed by atoms with van der Waals surface area (Å²) in [6.45, 7) is 1.92. The van der Waals surface area contributed by atoms with Crippen molar-refractivity contribution in [3.05, 3.63) is 34.3 Å². The van der Waals surface area contributed by atoms with E-state index in [0.717, 1.165) is 11.1 Å². The zero-order chi connectivity index (χ0) is 10.7. The first kappa shape index (κ1) is 14.2. The highest BCUT2D eigenvalue weighted by atomic mass is 35.5. The van der Waals surface area contributed by atoms with Gasteiger partial charge in [0, 0.05) is 5.02 Å². The van der Waals surface area contributed by atoms with Gasteiger partial charge in [-0.25, -0.2) is 0 Å². The third kappa shape index (κ3) is 4.08. The van der Waals surface area contributed by atoms with Crippen molar-refractivity contribution >= 4 is 30.0 Å². The molecule has 0 aliphatic rings. The fourth-order valence-electron chi connectivity index (χ4n) is 1.14. The van der Waals surface area contributed by atoms with Gasteiger partial charge in [-0.3, -0.25) is 4.79 Å². The molecule has 1 aromatic carbocycles. The summed E-state index contributed by atoms with van der Waals surface area (Å²) in [6.07, 6.45) is 0.258. The van der Waals surface area contributed by atoms with Crippen LogP contribution in [-0.2, 0) is 11.2 Å². The molecule has 1 aromatic rings. The minimum Gasteiger partial charge on any atom is -0.480 e. The molecule has 5 heteroatoms. The summed E-state index contributed by atoms with van der Waals surface area (Å²) in [4.78, 5) is 10.5. The normalized spacial score (nSPS) is 11.7. The number of hydrogen-bond acceptors (Lipinski definition) is 2. The molecule has 1 rings (SSSR count). The van der Waals surface area contributed by atoms with E-state index in [-0.39, 0.29) is 18.8 Å². The number of carbonyl (C=O) groups is 1. The van der Waals surface area contributed by atoms with Crippen molar-refractivity contribution < 1.29 is 9.90 Å². The number of rotatable bonds is 3. The molecular formula is C10H13Cl2NO2. The van der Waals surface area contributed by atoms with Crippen molar-refractivity contribution in [3.8, 4) is 0 Å². The standard InChI is InChI=1S/C10H12ClNO2.ClH/c1-6-2-3-7(8(11)4-6)5-9(12)10(13)14;/h2-4,9H,5,12H2,1H3,(H,13,14);1H/t9-;/m1./s1. The molecule has 0 saturated heterocycles. The Hall–Kier alpha value is -0.770. The number of halogens is 2. The van der Waals surface area contributed by atoms with Gasteiger partial charge in [0.15, 0.2) is 0 Å². The summed E-state index contributed by atoms with van der Waals surface area (Å²) in [6, 6.07) is 4.59. The van der Waals surface area contributed by atoms with Crippen molar-refractivity contribution in [1.82, 2.24) is 0 Å². The molecular weight excluding hydrogens is 237 g/mol. The summed E-state index contributed by atoms with van der Waals surface area (Å²) < 4.78 is 0.